The van der Waals surface area contributed by atoms with Crippen molar-refractivity contribution in [2.24, 2.45) is 5.73 Å². The molecule has 1 unspecified atom stereocenters. The van der Waals surface area contributed by atoms with Crippen molar-refractivity contribution in [1.82, 2.24) is 0 Å². The van der Waals surface area contributed by atoms with Gasteiger partial charge in [-0.25, -0.2) is 0 Å². The maximum atomic E-state index is 5.81. The van der Waals surface area contributed by atoms with Crippen molar-refractivity contribution in [3.63, 3.8) is 0 Å². The lowest BCUT2D eigenvalue weighted by molar-refractivity contribution is 0.323. The maximum absolute atomic E-state index is 5.81. The molecule has 2 N–H and O–H groups in total. The zero-order valence-electron chi connectivity index (χ0n) is 14.2. The molecule has 22 heavy (non-hydrogen) atoms. The average Bonchev–Trinajstić information content (AvgIpc) is 2.56. The Morgan fingerprint density at radius 2 is 1.73 bits per heavy atom. The predicted molar refractivity (Wildman–Crippen MR) is 91.1 cm³/mol. The highest BCUT2D eigenvalue weighted by Gasteiger charge is 2.17. The van der Waals surface area contributed by atoms with Gasteiger partial charge < -0.3 is 19.9 Å². The summed E-state index contributed by atoms with van der Waals surface area (Å²) in [6.45, 7) is 4.66. The quantitative estimate of drug-likeness (QED) is 0.745. The van der Waals surface area contributed by atoms with Crippen molar-refractivity contribution < 1.29 is 14.2 Å². The molecule has 0 amide bonds. The number of allylic oxidation sites excluding steroid dienone is 2. The molecule has 1 aromatic carbocycles. The molecule has 0 aliphatic rings. The molecule has 0 heterocycles. The summed E-state index contributed by atoms with van der Waals surface area (Å²) >= 11 is 0. The number of benzene rings is 1. The molecule has 0 radical (unpaired) electrons. The Morgan fingerprint density at radius 1 is 1.14 bits per heavy atom. The lowest BCUT2D eigenvalue weighted by Gasteiger charge is -2.18. The standard InChI is InChI=1S/C18H27NO3/c1-6-8-13(12-19)9-14(7-2)15-10-16(20-3)18(22-5)17(11-15)21-4/h6,8-11,14H,7,12,19H2,1-5H3/b8-6-,13-9+. The summed E-state index contributed by atoms with van der Waals surface area (Å²) in [5, 5.41) is 0. The molecule has 122 valence electrons. The van der Waals surface area contributed by atoms with Gasteiger partial charge in [0, 0.05) is 12.5 Å². The largest absolute Gasteiger partial charge is 0.493 e. The molecule has 4 nitrogen and oxygen atoms in total. The van der Waals surface area contributed by atoms with Crippen LogP contribution in [0.25, 0.3) is 0 Å². The maximum Gasteiger partial charge on any atom is 0.203 e. The summed E-state index contributed by atoms with van der Waals surface area (Å²) in [6.07, 6.45) is 7.20. The number of nitrogens with two attached hydrogens (primary N) is 1. The van der Waals surface area contributed by atoms with Crippen LogP contribution in [0.3, 0.4) is 0 Å². The summed E-state index contributed by atoms with van der Waals surface area (Å²) in [5.41, 5.74) is 8.04. The van der Waals surface area contributed by atoms with E-state index in [0.717, 1.165) is 17.6 Å². The molecule has 0 bridgehead atoms. The van der Waals surface area contributed by atoms with Crippen molar-refractivity contribution in [2.45, 2.75) is 26.2 Å². The van der Waals surface area contributed by atoms with Gasteiger partial charge in [-0.05, 0) is 36.6 Å². The normalized spacial score (nSPS) is 13.3. The van der Waals surface area contributed by atoms with Crippen LogP contribution in [0.5, 0.6) is 17.2 Å². The number of rotatable bonds is 8. The Labute approximate surface area is 133 Å². The first-order valence-corrected chi connectivity index (χ1v) is 7.48. The van der Waals surface area contributed by atoms with Gasteiger partial charge in [-0.3, -0.25) is 0 Å². The number of hydrogen-bond acceptors (Lipinski definition) is 4. The van der Waals surface area contributed by atoms with Crippen molar-refractivity contribution >= 4 is 0 Å². The van der Waals surface area contributed by atoms with Crippen molar-refractivity contribution in [1.29, 1.82) is 0 Å². The molecule has 4 heteroatoms. The SMILES string of the molecule is C/C=C\C(=C/C(CC)c1cc(OC)c(OC)c(OC)c1)CN. The van der Waals surface area contributed by atoms with Crippen molar-refractivity contribution in [2.75, 3.05) is 27.9 Å². The molecular formula is C18H27NO3. The highest BCUT2D eigenvalue weighted by molar-refractivity contribution is 5.55. The highest BCUT2D eigenvalue weighted by atomic mass is 16.5. The van der Waals surface area contributed by atoms with Crippen molar-refractivity contribution in [3.8, 4) is 17.2 Å². The summed E-state index contributed by atoms with van der Waals surface area (Å²) in [7, 11) is 4.86. The molecule has 0 fully saturated rings. The van der Waals surface area contributed by atoms with E-state index in [1.54, 1.807) is 21.3 Å². The van der Waals surface area contributed by atoms with Gasteiger partial charge in [0.15, 0.2) is 11.5 Å². The molecular weight excluding hydrogens is 278 g/mol. The Kier molecular flexibility index (Phi) is 7.54. The second-order valence-electron chi connectivity index (χ2n) is 4.92. The molecule has 1 aromatic rings. The fourth-order valence-electron chi connectivity index (χ4n) is 2.43. The van der Waals surface area contributed by atoms with E-state index < -0.39 is 0 Å². The minimum atomic E-state index is 0.239. The fourth-order valence-corrected chi connectivity index (χ4v) is 2.43. The van der Waals surface area contributed by atoms with E-state index in [4.69, 9.17) is 19.9 Å². The van der Waals surface area contributed by atoms with Crippen LogP contribution in [0.2, 0.25) is 0 Å². The molecule has 1 rings (SSSR count). The molecule has 0 aliphatic heterocycles. The van der Waals surface area contributed by atoms with Crippen LogP contribution >= 0.6 is 0 Å². The summed E-state index contributed by atoms with van der Waals surface area (Å²) in [5.74, 6) is 2.19. The van der Waals surface area contributed by atoms with Gasteiger partial charge in [-0.2, -0.15) is 0 Å². The first-order valence-electron chi connectivity index (χ1n) is 7.48. The zero-order chi connectivity index (χ0) is 16.5. The van der Waals surface area contributed by atoms with Gasteiger partial charge in [0.1, 0.15) is 0 Å². The monoisotopic (exact) mass is 305 g/mol. The average molecular weight is 305 g/mol. The van der Waals surface area contributed by atoms with Crippen LogP contribution in [-0.4, -0.2) is 27.9 Å². The molecule has 0 spiro atoms. The minimum Gasteiger partial charge on any atom is -0.493 e. The molecule has 0 saturated heterocycles. The van der Waals surface area contributed by atoms with E-state index in [0.29, 0.717) is 23.8 Å². The van der Waals surface area contributed by atoms with Crippen molar-refractivity contribution in [3.05, 3.63) is 41.5 Å². The van der Waals surface area contributed by atoms with Gasteiger partial charge in [-0.1, -0.05) is 25.2 Å². The Hall–Kier alpha value is -1.94. The van der Waals surface area contributed by atoms with E-state index in [2.05, 4.69) is 13.0 Å². The van der Waals surface area contributed by atoms with Gasteiger partial charge in [0.05, 0.1) is 21.3 Å². The summed E-state index contributed by atoms with van der Waals surface area (Å²) in [4.78, 5) is 0. The summed E-state index contributed by atoms with van der Waals surface area (Å²) < 4.78 is 16.2. The van der Waals surface area contributed by atoms with Crippen LogP contribution < -0.4 is 19.9 Å². The first-order chi connectivity index (χ1) is 10.6. The third-order valence-corrected chi connectivity index (χ3v) is 3.59. The number of hydrogen-bond donors (Lipinski definition) is 1. The van der Waals surface area contributed by atoms with Gasteiger partial charge >= 0.3 is 0 Å². The van der Waals surface area contributed by atoms with Crippen LogP contribution in [0.4, 0.5) is 0 Å². The molecule has 0 aliphatic carbocycles. The Balaban J connectivity index is 3.33. The lowest BCUT2D eigenvalue weighted by atomic mass is 9.93. The van der Waals surface area contributed by atoms with E-state index in [9.17, 15) is 0 Å². The third-order valence-electron chi connectivity index (χ3n) is 3.59. The van der Waals surface area contributed by atoms with E-state index >= 15 is 0 Å². The van der Waals surface area contributed by atoms with Gasteiger partial charge in [-0.15, -0.1) is 0 Å². The van der Waals surface area contributed by atoms with E-state index in [-0.39, 0.29) is 5.92 Å². The first kappa shape index (κ1) is 18.1. The minimum absolute atomic E-state index is 0.239. The zero-order valence-corrected chi connectivity index (χ0v) is 14.2. The van der Waals surface area contributed by atoms with E-state index in [1.165, 1.54) is 0 Å². The highest BCUT2D eigenvalue weighted by Crippen LogP contribution is 2.41. The third kappa shape index (κ3) is 4.28. The fraction of sp³-hybridized carbons (Fsp3) is 0.444. The molecule has 1 atom stereocenters. The topological polar surface area (TPSA) is 53.7 Å². The Bertz CT molecular complexity index is 510. The van der Waals surface area contributed by atoms with Crippen LogP contribution in [0.1, 0.15) is 31.7 Å². The number of ether oxygens (including phenoxy) is 3. The smallest absolute Gasteiger partial charge is 0.203 e. The van der Waals surface area contributed by atoms with Crippen LogP contribution in [0.15, 0.2) is 35.9 Å². The Morgan fingerprint density at radius 3 is 2.09 bits per heavy atom. The molecule has 0 aromatic heterocycles. The van der Waals surface area contributed by atoms with Gasteiger partial charge in [0.2, 0.25) is 5.75 Å². The lowest BCUT2D eigenvalue weighted by Crippen LogP contribution is -2.05. The predicted octanol–water partition coefficient (Wildman–Crippen LogP) is 3.67. The van der Waals surface area contributed by atoms with Crippen LogP contribution in [-0.2, 0) is 0 Å². The second-order valence-corrected chi connectivity index (χ2v) is 4.92. The number of methoxy groups -OCH3 is 3. The van der Waals surface area contributed by atoms with Crippen LogP contribution in [0, 0.1) is 0 Å². The van der Waals surface area contributed by atoms with Gasteiger partial charge in [0.25, 0.3) is 0 Å². The molecule has 0 saturated carbocycles. The second kappa shape index (κ2) is 9.15. The summed E-state index contributed by atoms with van der Waals surface area (Å²) in [6, 6.07) is 3.99. The van der Waals surface area contributed by atoms with E-state index in [1.807, 2.05) is 31.2 Å².